The Morgan fingerprint density at radius 2 is 1.84 bits per heavy atom. The van der Waals surface area contributed by atoms with Gasteiger partial charge in [0, 0.05) is 24.5 Å². The molecule has 0 radical (unpaired) electrons. The lowest BCUT2D eigenvalue weighted by Gasteiger charge is -2.25. The number of nitrogens with one attached hydrogen (secondary N) is 2. The summed E-state index contributed by atoms with van der Waals surface area (Å²) in [4.78, 5) is 25.9. The summed E-state index contributed by atoms with van der Waals surface area (Å²) in [5.41, 5.74) is 2.16. The molecule has 0 aliphatic carbocycles. The van der Waals surface area contributed by atoms with E-state index in [9.17, 15) is 9.59 Å². The van der Waals surface area contributed by atoms with E-state index in [4.69, 9.17) is 20.0 Å². The van der Waals surface area contributed by atoms with Crippen LogP contribution in [-0.2, 0) is 4.74 Å². The van der Waals surface area contributed by atoms with Crippen molar-refractivity contribution in [2.45, 2.75) is 19.4 Å². The van der Waals surface area contributed by atoms with Crippen LogP contribution in [0.1, 0.15) is 30.5 Å². The average Bonchev–Trinajstić information content (AvgIpc) is 2.78. The van der Waals surface area contributed by atoms with Gasteiger partial charge in [-0.25, -0.2) is 9.59 Å². The first-order chi connectivity index (χ1) is 14.9. The van der Waals surface area contributed by atoms with Crippen molar-refractivity contribution in [1.29, 1.82) is 10.5 Å². The van der Waals surface area contributed by atoms with Crippen LogP contribution < -0.4 is 15.4 Å². The number of carbonyl (C=O) groups is 2. The van der Waals surface area contributed by atoms with E-state index in [2.05, 4.69) is 10.6 Å². The second-order valence-electron chi connectivity index (χ2n) is 6.54. The molecule has 0 unspecified atom stereocenters. The minimum absolute atomic E-state index is 0.0360. The quantitative estimate of drug-likeness (QED) is 0.643. The molecule has 2 rings (SSSR count). The summed E-state index contributed by atoms with van der Waals surface area (Å²) < 4.78 is 10.2. The lowest BCUT2D eigenvalue weighted by atomic mass is 10.1. The van der Waals surface area contributed by atoms with E-state index < -0.39 is 12.1 Å². The summed E-state index contributed by atoms with van der Waals surface area (Å²) in [6.45, 7) is 1.86. The van der Waals surface area contributed by atoms with Crippen LogP contribution in [0, 0.1) is 22.7 Å². The van der Waals surface area contributed by atoms with E-state index in [1.807, 2.05) is 25.1 Å². The second-order valence-corrected chi connectivity index (χ2v) is 6.54. The van der Waals surface area contributed by atoms with Gasteiger partial charge in [-0.05, 0) is 36.8 Å². The van der Waals surface area contributed by atoms with Crippen LogP contribution in [0.15, 0.2) is 42.5 Å². The van der Waals surface area contributed by atoms with Crippen LogP contribution in [0.2, 0.25) is 0 Å². The number of carbonyl (C=O) groups excluding carboxylic acids is 2. The topological polar surface area (TPSA) is 127 Å². The van der Waals surface area contributed by atoms with Crippen LogP contribution in [0.25, 0.3) is 0 Å². The number of rotatable bonds is 7. The Labute approximate surface area is 180 Å². The maximum atomic E-state index is 12.4. The first-order valence-corrected chi connectivity index (χ1v) is 9.42. The smallest absolute Gasteiger partial charge is 0.410 e. The third-order valence-corrected chi connectivity index (χ3v) is 4.52. The van der Waals surface area contributed by atoms with Crippen molar-refractivity contribution in [3.8, 4) is 17.9 Å². The summed E-state index contributed by atoms with van der Waals surface area (Å²) >= 11 is 0. The van der Waals surface area contributed by atoms with E-state index in [1.165, 1.54) is 12.0 Å². The van der Waals surface area contributed by atoms with E-state index in [0.29, 0.717) is 22.7 Å². The molecular weight excluding hydrogens is 398 g/mol. The highest BCUT2D eigenvalue weighted by molar-refractivity contribution is 6.00. The molecule has 0 aliphatic heterocycles. The number of anilines is 2. The molecule has 0 aromatic heterocycles. The molecule has 2 N–H and O–H groups in total. The van der Waals surface area contributed by atoms with E-state index in [1.54, 1.807) is 43.4 Å². The lowest BCUT2D eigenvalue weighted by Crippen LogP contribution is -2.30. The molecule has 0 bridgehead atoms. The van der Waals surface area contributed by atoms with Gasteiger partial charge in [0.15, 0.2) is 0 Å². The SMILES string of the molecule is COc1cc(NC(=O)Nc2cccc([C@@H](C)N(C)C(=O)OCCC#N)c2)ccc1C#N. The first kappa shape index (κ1) is 23.0. The van der Waals surface area contributed by atoms with Crippen molar-refractivity contribution in [3.05, 3.63) is 53.6 Å². The Morgan fingerprint density at radius 3 is 2.48 bits per heavy atom. The Balaban J connectivity index is 2.03. The normalized spacial score (nSPS) is 10.7. The lowest BCUT2D eigenvalue weighted by molar-refractivity contribution is 0.101. The summed E-state index contributed by atoms with van der Waals surface area (Å²) in [6.07, 6.45) is -0.401. The monoisotopic (exact) mass is 421 g/mol. The molecule has 2 aromatic rings. The Bertz CT molecular complexity index is 1030. The van der Waals surface area contributed by atoms with Gasteiger partial charge in [-0.3, -0.25) is 0 Å². The third kappa shape index (κ3) is 6.38. The molecule has 0 spiro atoms. The molecule has 0 heterocycles. The third-order valence-electron chi connectivity index (χ3n) is 4.52. The number of amides is 3. The van der Waals surface area contributed by atoms with Gasteiger partial charge in [-0.1, -0.05) is 12.1 Å². The highest BCUT2D eigenvalue weighted by atomic mass is 16.6. The van der Waals surface area contributed by atoms with Gasteiger partial charge >= 0.3 is 12.1 Å². The standard InChI is InChI=1S/C22H23N5O4/c1-15(27(2)22(29)31-11-5-10-23)16-6-4-7-18(12-16)25-21(28)26-19-9-8-17(14-24)20(13-19)30-3/h4,6-9,12-13,15H,5,11H2,1-3H3,(H2,25,26,28)/t15-/m1/s1. The Kier molecular flexibility index (Phi) is 8.23. The Morgan fingerprint density at radius 1 is 1.13 bits per heavy atom. The van der Waals surface area contributed by atoms with E-state index >= 15 is 0 Å². The zero-order valence-electron chi connectivity index (χ0n) is 17.5. The van der Waals surface area contributed by atoms with Gasteiger partial charge in [-0.2, -0.15) is 10.5 Å². The van der Waals surface area contributed by atoms with Gasteiger partial charge in [-0.15, -0.1) is 0 Å². The molecule has 9 heteroatoms. The fraction of sp³-hybridized carbons (Fsp3) is 0.273. The van der Waals surface area contributed by atoms with Crippen molar-refractivity contribution >= 4 is 23.5 Å². The molecule has 160 valence electrons. The number of ether oxygens (including phenoxy) is 2. The van der Waals surface area contributed by atoms with Gasteiger partial charge in [0.25, 0.3) is 0 Å². The molecule has 1 atom stereocenters. The average molecular weight is 421 g/mol. The molecule has 0 aliphatic rings. The highest BCUT2D eigenvalue weighted by Gasteiger charge is 2.19. The summed E-state index contributed by atoms with van der Waals surface area (Å²) in [5, 5.41) is 23.0. The largest absolute Gasteiger partial charge is 0.495 e. The fourth-order valence-electron chi connectivity index (χ4n) is 2.70. The molecule has 3 amide bonds. The number of methoxy groups -OCH3 is 1. The number of benzene rings is 2. The number of hydrogen-bond donors (Lipinski definition) is 2. The Hall–Kier alpha value is -4.24. The molecular formula is C22H23N5O4. The predicted molar refractivity (Wildman–Crippen MR) is 115 cm³/mol. The van der Waals surface area contributed by atoms with Crippen LogP contribution in [0.4, 0.5) is 21.0 Å². The van der Waals surface area contributed by atoms with E-state index in [0.717, 1.165) is 5.56 Å². The van der Waals surface area contributed by atoms with Gasteiger partial charge in [0.1, 0.15) is 18.4 Å². The van der Waals surface area contributed by atoms with Gasteiger partial charge in [0.2, 0.25) is 0 Å². The van der Waals surface area contributed by atoms with Crippen LogP contribution >= 0.6 is 0 Å². The minimum Gasteiger partial charge on any atom is -0.495 e. The van der Waals surface area contributed by atoms with E-state index in [-0.39, 0.29) is 19.1 Å². The number of nitrogens with zero attached hydrogens (tertiary/aromatic N) is 3. The predicted octanol–water partition coefficient (Wildman–Crippen LogP) is 4.25. The zero-order chi connectivity index (χ0) is 22.8. The molecule has 0 fully saturated rings. The summed E-state index contributed by atoms with van der Waals surface area (Å²) in [5.74, 6) is 0.362. The van der Waals surface area contributed by atoms with Crippen LogP contribution in [0.5, 0.6) is 5.75 Å². The second kappa shape index (κ2) is 11.1. The number of nitriles is 2. The fourth-order valence-corrected chi connectivity index (χ4v) is 2.70. The minimum atomic E-state index is -0.534. The van der Waals surface area contributed by atoms with Crippen LogP contribution in [-0.4, -0.2) is 37.8 Å². The maximum Gasteiger partial charge on any atom is 0.410 e. The van der Waals surface area contributed by atoms with Crippen LogP contribution in [0.3, 0.4) is 0 Å². The first-order valence-electron chi connectivity index (χ1n) is 9.42. The van der Waals surface area contributed by atoms with Gasteiger partial charge in [0.05, 0.1) is 31.2 Å². The number of hydrogen-bond acceptors (Lipinski definition) is 6. The van der Waals surface area contributed by atoms with Gasteiger partial charge < -0.3 is 25.0 Å². The summed E-state index contributed by atoms with van der Waals surface area (Å²) in [7, 11) is 3.05. The molecule has 0 saturated heterocycles. The highest BCUT2D eigenvalue weighted by Crippen LogP contribution is 2.24. The summed E-state index contributed by atoms with van der Waals surface area (Å²) in [6, 6.07) is 14.9. The van der Waals surface area contributed by atoms with Crippen molar-refractivity contribution in [1.82, 2.24) is 4.90 Å². The molecule has 2 aromatic carbocycles. The zero-order valence-corrected chi connectivity index (χ0v) is 17.5. The van der Waals surface area contributed by atoms with Crippen molar-refractivity contribution in [3.63, 3.8) is 0 Å². The van der Waals surface area contributed by atoms with Crippen molar-refractivity contribution in [2.75, 3.05) is 31.4 Å². The maximum absolute atomic E-state index is 12.4. The molecule has 0 saturated carbocycles. The van der Waals surface area contributed by atoms with Crippen molar-refractivity contribution in [2.24, 2.45) is 0 Å². The molecule has 9 nitrogen and oxygen atoms in total. The molecule has 31 heavy (non-hydrogen) atoms. The van der Waals surface area contributed by atoms with Crippen molar-refractivity contribution < 1.29 is 19.1 Å². The number of urea groups is 1.